The first-order chi connectivity index (χ1) is 13.2. The number of carbonyl (C=O) groups is 2. The first kappa shape index (κ1) is 20.9. The standard InChI is InChI=1S/C23H24N2O3/c1-14-6-8-19(9-7-14)12-20(13-24)23(27)28-18(5)22(26)25-21-16(3)10-15(2)11-17(21)4/h6-12,18H,1-5H3,(H,25,26)/b20-12+/t18-/m1/s1. The molecule has 0 radical (unpaired) electrons. The molecule has 0 heterocycles. The highest BCUT2D eigenvalue weighted by atomic mass is 16.5. The number of nitrogens with one attached hydrogen (secondary N) is 1. The lowest BCUT2D eigenvalue weighted by atomic mass is 10.0. The zero-order valence-electron chi connectivity index (χ0n) is 16.8. The van der Waals surface area contributed by atoms with Crippen molar-refractivity contribution in [2.75, 3.05) is 5.32 Å². The lowest BCUT2D eigenvalue weighted by Gasteiger charge is -2.16. The molecule has 0 bridgehead atoms. The maximum absolute atomic E-state index is 12.5. The van der Waals surface area contributed by atoms with Crippen molar-refractivity contribution in [1.29, 1.82) is 5.26 Å². The number of hydrogen-bond acceptors (Lipinski definition) is 4. The molecule has 0 unspecified atom stereocenters. The van der Waals surface area contributed by atoms with Gasteiger partial charge in [0.05, 0.1) is 0 Å². The fourth-order valence-electron chi connectivity index (χ4n) is 2.85. The van der Waals surface area contributed by atoms with Crippen LogP contribution in [-0.4, -0.2) is 18.0 Å². The Hall–Kier alpha value is -3.39. The molecule has 5 heteroatoms. The quantitative estimate of drug-likeness (QED) is 0.477. The number of esters is 1. The highest BCUT2D eigenvalue weighted by Crippen LogP contribution is 2.22. The Morgan fingerprint density at radius 3 is 2.14 bits per heavy atom. The second-order valence-electron chi connectivity index (χ2n) is 6.89. The average Bonchev–Trinajstić information content (AvgIpc) is 2.63. The van der Waals surface area contributed by atoms with Crippen LogP contribution < -0.4 is 5.32 Å². The molecule has 0 aromatic heterocycles. The third kappa shape index (κ3) is 5.31. The molecular formula is C23H24N2O3. The number of aryl methyl sites for hydroxylation is 4. The van der Waals surface area contributed by atoms with Gasteiger partial charge in [-0.1, -0.05) is 47.5 Å². The molecule has 0 saturated carbocycles. The molecule has 1 atom stereocenters. The molecule has 1 N–H and O–H groups in total. The Morgan fingerprint density at radius 2 is 1.61 bits per heavy atom. The van der Waals surface area contributed by atoms with Gasteiger partial charge in [0.2, 0.25) is 0 Å². The molecule has 0 aliphatic rings. The lowest BCUT2D eigenvalue weighted by molar-refractivity contribution is -0.148. The van der Waals surface area contributed by atoms with Gasteiger partial charge in [0.1, 0.15) is 11.6 Å². The third-order valence-electron chi connectivity index (χ3n) is 4.31. The summed E-state index contributed by atoms with van der Waals surface area (Å²) in [6.07, 6.45) is 0.406. The van der Waals surface area contributed by atoms with Crippen molar-refractivity contribution in [2.45, 2.75) is 40.7 Å². The summed E-state index contributed by atoms with van der Waals surface area (Å²) < 4.78 is 5.20. The van der Waals surface area contributed by atoms with Crippen molar-refractivity contribution >= 4 is 23.6 Å². The van der Waals surface area contributed by atoms with E-state index >= 15 is 0 Å². The number of hydrogen-bond donors (Lipinski definition) is 1. The largest absolute Gasteiger partial charge is 0.448 e. The van der Waals surface area contributed by atoms with E-state index in [0.29, 0.717) is 11.3 Å². The number of ether oxygens (including phenoxy) is 1. The Labute approximate surface area is 165 Å². The number of rotatable bonds is 5. The highest BCUT2D eigenvalue weighted by Gasteiger charge is 2.21. The van der Waals surface area contributed by atoms with Gasteiger partial charge in [0.25, 0.3) is 5.91 Å². The Morgan fingerprint density at radius 1 is 1.04 bits per heavy atom. The zero-order valence-corrected chi connectivity index (χ0v) is 16.8. The van der Waals surface area contributed by atoms with Crippen LogP contribution in [0.3, 0.4) is 0 Å². The summed E-state index contributed by atoms with van der Waals surface area (Å²) in [7, 11) is 0. The van der Waals surface area contributed by atoms with Crippen molar-refractivity contribution in [3.63, 3.8) is 0 Å². The highest BCUT2D eigenvalue weighted by molar-refractivity contribution is 6.01. The van der Waals surface area contributed by atoms with E-state index in [1.807, 2.05) is 58.0 Å². The number of carbonyl (C=O) groups excluding carboxylic acids is 2. The SMILES string of the molecule is Cc1ccc(/C=C(\C#N)C(=O)O[C@H](C)C(=O)Nc2c(C)cc(C)cc2C)cc1. The van der Waals surface area contributed by atoms with E-state index in [1.54, 1.807) is 12.1 Å². The number of nitriles is 1. The van der Waals surface area contributed by atoms with Gasteiger partial charge in [-0.2, -0.15) is 5.26 Å². The molecule has 28 heavy (non-hydrogen) atoms. The minimum Gasteiger partial charge on any atom is -0.448 e. The van der Waals surface area contributed by atoms with Crippen LogP contribution in [0.4, 0.5) is 5.69 Å². The Balaban J connectivity index is 2.09. The molecule has 2 aromatic carbocycles. The summed E-state index contributed by atoms with van der Waals surface area (Å²) in [5.74, 6) is -1.28. The first-order valence-corrected chi connectivity index (χ1v) is 8.99. The summed E-state index contributed by atoms with van der Waals surface area (Å²) in [4.78, 5) is 24.8. The number of nitrogens with zero attached hydrogens (tertiary/aromatic N) is 1. The van der Waals surface area contributed by atoms with Crippen LogP contribution in [0.2, 0.25) is 0 Å². The van der Waals surface area contributed by atoms with Gasteiger partial charge in [-0.3, -0.25) is 4.79 Å². The van der Waals surface area contributed by atoms with Gasteiger partial charge in [-0.05, 0) is 57.4 Å². The molecule has 0 aliphatic heterocycles. The molecule has 1 amide bonds. The topological polar surface area (TPSA) is 79.2 Å². The summed E-state index contributed by atoms with van der Waals surface area (Å²) in [5, 5.41) is 12.1. The lowest BCUT2D eigenvalue weighted by Crippen LogP contribution is -2.30. The van der Waals surface area contributed by atoms with Crippen molar-refractivity contribution in [2.24, 2.45) is 0 Å². The molecule has 2 rings (SSSR count). The van der Waals surface area contributed by atoms with Crippen LogP contribution in [0.25, 0.3) is 6.08 Å². The summed E-state index contributed by atoms with van der Waals surface area (Å²) in [6.45, 7) is 9.23. The molecule has 0 saturated heterocycles. The fraction of sp³-hybridized carbons (Fsp3) is 0.261. The van der Waals surface area contributed by atoms with Crippen LogP contribution in [0.5, 0.6) is 0 Å². The van der Waals surface area contributed by atoms with Crippen molar-refractivity contribution in [1.82, 2.24) is 0 Å². The maximum atomic E-state index is 12.5. The van der Waals surface area contributed by atoms with Crippen LogP contribution >= 0.6 is 0 Å². The molecule has 5 nitrogen and oxygen atoms in total. The van der Waals surface area contributed by atoms with Crippen LogP contribution in [0.15, 0.2) is 42.0 Å². The van der Waals surface area contributed by atoms with E-state index in [2.05, 4.69) is 5.32 Å². The zero-order chi connectivity index (χ0) is 20.8. The van der Waals surface area contributed by atoms with E-state index in [-0.39, 0.29) is 5.57 Å². The predicted molar refractivity (Wildman–Crippen MR) is 110 cm³/mol. The molecule has 0 spiro atoms. The summed E-state index contributed by atoms with van der Waals surface area (Å²) >= 11 is 0. The van der Waals surface area contributed by atoms with Crippen molar-refractivity contribution < 1.29 is 14.3 Å². The molecule has 2 aromatic rings. The smallest absolute Gasteiger partial charge is 0.349 e. The second kappa shape index (κ2) is 9.01. The summed E-state index contributed by atoms with van der Waals surface area (Å²) in [5.41, 5.74) is 5.29. The maximum Gasteiger partial charge on any atom is 0.349 e. The second-order valence-corrected chi connectivity index (χ2v) is 6.89. The van der Waals surface area contributed by atoms with Gasteiger partial charge >= 0.3 is 5.97 Å². The molecular weight excluding hydrogens is 352 g/mol. The van der Waals surface area contributed by atoms with Gasteiger partial charge < -0.3 is 10.1 Å². The van der Waals surface area contributed by atoms with Gasteiger partial charge in [-0.25, -0.2) is 4.79 Å². The summed E-state index contributed by atoms with van der Waals surface area (Å²) in [6, 6.07) is 13.2. The average molecular weight is 376 g/mol. The molecule has 0 aliphatic carbocycles. The van der Waals surface area contributed by atoms with Gasteiger partial charge in [0, 0.05) is 5.69 Å². The van der Waals surface area contributed by atoms with E-state index in [1.165, 1.54) is 13.0 Å². The Bertz CT molecular complexity index is 943. The minimum atomic E-state index is -1.04. The van der Waals surface area contributed by atoms with Crippen LogP contribution in [0.1, 0.15) is 34.7 Å². The van der Waals surface area contributed by atoms with Crippen LogP contribution in [-0.2, 0) is 14.3 Å². The van der Waals surface area contributed by atoms with Crippen molar-refractivity contribution in [3.8, 4) is 6.07 Å². The van der Waals surface area contributed by atoms with Gasteiger partial charge in [0.15, 0.2) is 6.10 Å². The monoisotopic (exact) mass is 376 g/mol. The van der Waals surface area contributed by atoms with Gasteiger partial charge in [-0.15, -0.1) is 0 Å². The van der Waals surface area contributed by atoms with E-state index in [4.69, 9.17) is 4.74 Å². The minimum absolute atomic E-state index is 0.161. The number of benzene rings is 2. The van der Waals surface area contributed by atoms with Crippen molar-refractivity contribution in [3.05, 3.63) is 69.8 Å². The van der Waals surface area contributed by atoms with E-state index in [9.17, 15) is 14.9 Å². The predicted octanol–water partition coefficient (Wildman–Crippen LogP) is 4.40. The van der Waals surface area contributed by atoms with E-state index in [0.717, 1.165) is 22.3 Å². The number of amides is 1. The molecule has 144 valence electrons. The number of anilines is 1. The van der Waals surface area contributed by atoms with Crippen LogP contribution in [0, 0.1) is 39.0 Å². The van der Waals surface area contributed by atoms with E-state index < -0.39 is 18.0 Å². The normalized spacial score (nSPS) is 12.1. The third-order valence-corrected chi connectivity index (χ3v) is 4.31. The Kier molecular flexibility index (Phi) is 6.73. The molecule has 0 fully saturated rings. The fourth-order valence-corrected chi connectivity index (χ4v) is 2.85. The first-order valence-electron chi connectivity index (χ1n) is 8.99.